The number of carbonyl (C=O) groups excluding carboxylic acids is 1. The van der Waals surface area contributed by atoms with Gasteiger partial charge in [0.2, 0.25) is 0 Å². The number of aliphatic hydroxyl groups is 2. The summed E-state index contributed by atoms with van der Waals surface area (Å²) < 4.78 is 14.4. The lowest BCUT2D eigenvalue weighted by Gasteiger charge is -2.21. The van der Waals surface area contributed by atoms with Crippen molar-refractivity contribution < 1.29 is 19.4 Å². The molecular formula is C25H29BFN3O3. The van der Waals surface area contributed by atoms with E-state index in [-0.39, 0.29) is 17.0 Å². The van der Waals surface area contributed by atoms with Crippen molar-refractivity contribution in [3.8, 4) is 0 Å². The first-order valence-corrected chi connectivity index (χ1v) is 10.6. The Balaban J connectivity index is 2.50. The third-order valence-electron chi connectivity index (χ3n) is 5.01. The molecule has 0 saturated heterocycles. The van der Waals surface area contributed by atoms with Gasteiger partial charge in [0.15, 0.2) is 0 Å². The van der Waals surface area contributed by atoms with Crippen molar-refractivity contribution in [2.24, 2.45) is 5.92 Å². The summed E-state index contributed by atoms with van der Waals surface area (Å²) in [6.45, 7) is 9.13. The van der Waals surface area contributed by atoms with E-state index in [9.17, 15) is 19.4 Å². The van der Waals surface area contributed by atoms with Crippen LogP contribution >= 0.6 is 0 Å². The molecule has 6 nitrogen and oxygen atoms in total. The van der Waals surface area contributed by atoms with Gasteiger partial charge in [-0.2, -0.15) is 0 Å². The van der Waals surface area contributed by atoms with Crippen LogP contribution in [0.25, 0.3) is 5.57 Å². The van der Waals surface area contributed by atoms with Crippen LogP contribution < -0.4 is 16.1 Å². The average molecular weight is 449 g/mol. The summed E-state index contributed by atoms with van der Waals surface area (Å²) in [6.07, 6.45) is 6.56. The second kappa shape index (κ2) is 12.1. The normalized spacial score (nSPS) is 12.2. The Morgan fingerprint density at radius 3 is 2.55 bits per heavy atom. The van der Waals surface area contributed by atoms with E-state index in [1.807, 2.05) is 26.8 Å². The van der Waals surface area contributed by atoms with Crippen LogP contribution in [0.2, 0.25) is 0 Å². The van der Waals surface area contributed by atoms with Gasteiger partial charge in [-0.1, -0.05) is 44.1 Å². The third kappa shape index (κ3) is 6.88. The van der Waals surface area contributed by atoms with Crippen molar-refractivity contribution in [2.45, 2.75) is 26.8 Å². The maximum atomic E-state index is 14.4. The van der Waals surface area contributed by atoms with Gasteiger partial charge in [0.05, 0.1) is 30.5 Å². The van der Waals surface area contributed by atoms with E-state index in [0.717, 1.165) is 5.57 Å². The zero-order valence-corrected chi connectivity index (χ0v) is 19.1. The zero-order valence-electron chi connectivity index (χ0n) is 19.1. The lowest BCUT2D eigenvalue weighted by molar-refractivity contribution is 0.0880. The molecule has 1 amide bonds. The average Bonchev–Trinajstić information content (AvgIpc) is 2.79. The van der Waals surface area contributed by atoms with Gasteiger partial charge in [0.25, 0.3) is 5.91 Å². The molecule has 0 unspecified atom stereocenters. The highest BCUT2D eigenvalue weighted by Crippen LogP contribution is 2.27. The van der Waals surface area contributed by atoms with Crippen LogP contribution in [0.15, 0.2) is 66.7 Å². The highest BCUT2D eigenvalue weighted by atomic mass is 19.1. The Morgan fingerprint density at radius 2 is 1.94 bits per heavy atom. The number of amides is 1. The van der Waals surface area contributed by atoms with E-state index < -0.39 is 31.0 Å². The third-order valence-corrected chi connectivity index (χ3v) is 5.01. The molecule has 2 radical (unpaired) electrons. The SMILES string of the molecule is [B]c1ccc(F)c(C(=C)/C=C(Nc2ccncc2C(=O)NC(CO)CO)\C(=C/C)C(C)C)c1. The maximum Gasteiger partial charge on any atom is 0.255 e. The number of allylic oxidation sites excluding steroid dienone is 4. The van der Waals surface area contributed by atoms with E-state index in [4.69, 9.17) is 7.85 Å². The number of hydrogen-bond acceptors (Lipinski definition) is 5. The van der Waals surface area contributed by atoms with Crippen molar-refractivity contribution in [3.63, 3.8) is 0 Å². The van der Waals surface area contributed by atoms with Crippen LogP contribution in [-0.4, -0.2) is 48.2 Å². The number of benzene rings is 1. The monoisotopic (exact) mass is 449 g/mol. The molecule has 0 aliphatic rings. The molecule has 0 spiro atoms. The summed E-state index contributed by atoms with van der Waals surface area (Å²) in [5.41, 5.74) is 3.31. The minimum atomic E-state index is -0.798. The highest BCUT2D eigenvalue weighted by Gasteiger charge is 2.18. The fourth-order valence-corrected chi connectivity index (χ4v) is 3.27. The molecule has 8 heteroatoms. The molecule has 0 atom stereocenters. The molecule has 0 saturated carbocycles. The van der Waals surface area contributed by atoms with Gasteiger partial charge in [0, 0.05) is 23.7 Å². The number of hydrogen-bond donors (Lipinski definition) is 4. The first-order valence-electron chi connectivity index (χ1n) is 10.6. The maximum absolute atomic E-state index is 14.4. The molecule has 2 aromatic rings. The van der Waals surface area contributed by atoms with Gasteiger partial charge in [-0.15, -0.1) is 0 Å². The predicted octanol–water partition coefficient (Wildman–Crippen LogP) is 2.71. The zero-order chi connectivity index (χ0) is 24.5. The lowest BCUT2D eigenvalue weighted by Crippen LogP contribution is -2.40. The minimum Gasteiger partial charge on any atom is -0.394 e. The summed E-state index contributed by atoms with van der Waals surface area (Å²) >= 11 is 0. The van der Waals surface area contributed by atoms with Crippen LogP contribution in [0.5, 0.6) is 0 Å². The van der Waals surface area contributed by atoms with Gasteiger partial charge in [-0.3, -0.25) is 9.78 Å². The summed E-state index contributed by atoms with van der Waals surface area (Å²) in [6, 6.07) is 5.13. The van der Waals surface area contributed by atoms with Crippen molar-refractivity contribution in [2.75, 3.05) is 18.5 Å². The molecular weight excluding hydrogens is 420 g/mol. The molecule has 33 heavy (non-hydrogen) atoms. The number of aliphatic hydroxyl groups excluding tert-OH is 2. The van der Waals surface area contributed by atoms with E-state index in [1.54, 1.807) is 12.1 Å². The van der Waals surface area contributed by atoms with Crippen LogP contribution in [0.3, 0.4) is 0 Å². The van der Waals surface area contributed by atoms with E-state index in [1.165, 1.54) is 30.6 Å². The molecule has 0 aliphatic heterocycles. The Morgan fingerprint density at radius 1 is 1.24 bits per heavy atom. The van der Waals surface area contributed by atoms with Crippen LogP contribution in [-0.2, 0) is 0 Å². The van der Waals surface area contributed by atoms with Crippen molar-refractivity contribution in [3.05, 3.63) is 83.6 Å². The Hall–Kier alpha value is -3.23. The largest absolute Gasteiger partial charge is 0.394 e. The molecule has 2 rings (SSSR count). The van der Waals surface area contributed by atoms with E-state index in [2.05, 4.69) is 22.2 Å². The topological polar surface area (TPSA) is 94.5 Å². The van der Waals surface area contributed by atoms with Crippen LogP contribution in [0.1, 0.15) is 36.7 Å². The molecule has 0 fully saturated rings. The summed E-state index contributed by atoms with van der Waals surface area (Å²) in [5, 5.41) is 24.4. The number of rotatable bonds is 10. The van der Waals surface area contributed by atoms with E-state index in [0.29, 0.717) is 22.4 Å². The second-order valence-electron chi connectivity index (χ2n) is 7.80. The smallest absolute Gasteiger partial charge is 0.255 e. The van der Waals surface area contributed by atoms with Crippen molar-refractivity contribution in [1.29, 1.82) is 0 Å². The van der Waals surface area contributed by atoms with E-state index >= 15 is 0 Å². The fourth-order valence-electron chi connectivity index (χ4n) is 3.27. The van der Waals surface area contributed by atoms with Crippen LogP contribution in [0, 0.1) is 11.7 Å². The molecule has 172 valence electrons. The summed E-state index contributed by atoms with van der Waals surface area (Å²) in [5.74, 6) is -0.843. The molecule has 1 aromatic carbocycles. The number of anilines is 1. The Kier molecular flexibility index (Phi) is 9.57. The standard InChI is InChI=1S/C25H29BFN3O3/c1-5-19(15(2)3)24(10-16(4)20-11-17(26)6-7-22(20)27)30-23-8-9-28-12-21(23)25(33)29-18(13-31)14-32/h5-12,15,18,31-32H,4,13-14H2,1-3H3,(H,28,30)(H,29,33)/b19-5-,24-10+. The first kappa shape index (κ1) is 26.0. The Labute approximate surface area is 195 Å². The first-order chi connectivity index (χ1) is 15.7. The molecule has 0 aliphatic carbocycles. The number of aromatic nitrogens is 1. The minimum absolute atomic E-state index is 0.111. The number of carbonyl (C=O) groups is 1. The number of nitrogens with one attached hydrogen (secondary N) is 2. The fraction of sp³-hybridized carbons (Fsp3) is 0.280. The number of pyridine rings is 1. The number of nitrogens with zero attached hydrogens (tertiary/aromatic N) is 1. The Bertz CT molecular complexity index is 1060. The quantitative estimate of drug-likeness (QED) is 0.331. The van der Waals surface area contributed by atoms with Crippen molar-refractivity contribution in [1.82, 2.24) is 10.3 Å². The lowest BCUT2D eigenvalue weighted by atomic mass is 9.91. The van der Waals surface area contributed by atoms with Gasteiger partial charge >= 0.3 is 0 Å². The highest BCUT2D eigenvalue weighted by molar-refractivity contribution is 6.32. The molecule has 1 heterocycles. The summed E-state index contributed by atoms with van der Waals surface area (Å²) in [7, 11) is 5.83. The number of halogens is 1. The van der Waals surface area contributed by atoms with Gasteiger partial charge in [-0.05, 0) is 42.2 Å². The summed E-state index contributed by atoms with van der Waals surface area (Å²) in [4.78, 5) is 16.8. The van der Waals surface area contributed by atoms with Crippen LogP contribution in [0.4, 0.5) is 10.1 Å². The molecule has 0 bridgehead atoms. The predicted molar refractivity (Wildman–Crippen MR) is 131 cm³/mol. The molecule has 1 aromatic heterocycles. The van der Waals surface area contributed by atoms with Gasteiger partial charge < -0.3 is 20.8 Å². The van der Waals surface area contributed by atoms with Gasteiger partial charge in [0.1, 0.15) is 13.7 Å². The second-order valence-corrected chi connectivity index (χ2v) is 7.80. The molecule has 4 N–H and O–H groups in total. The van der Waals surface area contributed by atoms with Crippen molar-refractivity contribution >= 4 is 30.5 Å². The van der Waals surface area contributed by atoms with Gasteiger partial charge in [-0.25, -0.2) is 4.39 Å².